The number of para-hydroxylation sites is 1. The van der Waals surface area contributed by atoms with Gasteiger partial charge in [0.05, 0.1) is 6.61 Å². The Morgan fingerprint density at radius 1 is 1.32 bits per heavy atom. The van der Waals surface area contributed by atoms with Crippen LogP contribution in [0.1, 0.15) is 24.5 Å². The monoisotopic (exact) mass is 404 g/mol. The number of hydrogen-bond acceptors (Lipinski definition) is 5. The van der Waals surface area contributed by atoms with Gasteiger partial charge in [-0.15, -0.1) is 0 Å². The van der Waals surface area contributed by atoms with Crippen LogP contribution in [0, 0.1) is 11.6 Å². The zero-order valence-corrected chi connectivity index (χ0v) is 16.1. The molecule has 0 saturated heterocycles. The highest BCUT2D eigenvalue weighted by Gasteiger charge is 2.52. The number of hydrazone groups is 1. The van der Waals surface area contributed by atoms with Crippen LogP contribution in [-0.2, 0) is 14.4 Å². The maximum absolute atomic E-state index is 14.4. The lowest BCUT2D eigenvalue weighted by molar-refractivity contribution is -0.145. The molecular weight excluding hydrogens is 386 g/mol. The Labute approximate surface area is 165 Å². The molecule has 0 bridgehead atoms. The summed E-state index contributed by atoms with van der Waals surface area (Å²) in [6.45, 7) is 1.99. The summed E-state index contributed by atoms with van der Waals surface area (Å²) in [6.07, 6.45) is -0.297. The third-order valence-corrected chi connectivity index (χ3v) is 6.30. The van der Waals surface area contributed by atoms with Gasteiger partial charge in [0.15, 0.2) is 0 Å². The molecule has 146 valence electrons. The van der Waals surface area contributed by atoms with E-state index in [2.05, 4.69) is 5.10 Å². The van der Waals surface area contributed by atoms with Crippen molar-refractivity contribution in [2.24, 2.45) is 5.10 Å². The quantitative estimate of drug-likeness (QED) is 0.779. The molecule has 8 heteroatoms. The summed E-state index contributed by atoms with van der Waals surface area (Å²) in [4.78, 5) is 12.2. The van der Waals surface area contributed by atoms with Gasteiger partial charge in [-0.3, -0.25) is 4.79 Å². The van der Waals surface area contributed by atoms with Crippen molar-refractivity contribution < 1.29 is 23.0 Å². The third-order valence-electron chi connectivity index (χ3n) is 4.87. The molecule has 2 aliphatic heterocycles. The summed E-state index contributed by atoms with van der Waals surface area (Å²) in [5, 5.41) is 6.01. The molecule has 2 aromatic rings. The summed E-state index contributed by atoms with van der Waals surface area (Å²) in [7, 11) is 1.44. The van der Waals surface area contributed by atoms with E-state index in [-0.39, 0.29) is 16.5 Å². The smallest absolute Gasteiger partial charge is 0.273 e. The van der Waals surface area contributed by atoms with E-state index in [1.807, 2.05) is 24.3 Å². The summed E-state index contributed by atoms with van der Waals surface area (Å²) in [5.74, 6) is -0.896. The Bertz CT molecular complexity index is 968. The molecule has 0 radical (unpaired) electrons. The van der Waals surface area contributed by atoms with Crippen LogP contribution in [0.25, 0.3) is 0 Å². The molecule has 2 atom stereocenters. The maximum atomic E-state index is 14.4. The fourth-order valence-corrected chi connectivity index (χ4v) is 4.73. The normalized spacial score (nSPS) is 21.9. The van der Waals surface area contributed by atoms with Gasteiger partial charge in [0.2, 0.25) is 0 Å². The fraction of sp³-hybridized carbons (Fsp3) is 0.300. The van der Waals surface area contributed by atoms with Gasteiger partial charge >= 0.3 is 0 Å². The van der Waals surface area contributed by atoms with Crippen LogP contribution in [0.4, 0.5) is 8.78 Å². The van der Waals surface area contributed by atoms with Crippen LogP contribution in [-0.4, -0.2) is 35.8 Å². The first-order valence-corrected chi connectivity index (χ1v) is 9.60. The van der Waals surface area contributed by atoms with Crippen molar-refractivity contribution in [2.45, 2.75) is 24.3 Å². The number of halogens is 2. The van der Waals surface area contributed by atoms with Crippen LogP contribution in [0.3, 0.4) is 0 Å². The highest BCUT2D eigenvalue weighted by Crippen LogP contribution is 2.54. The molecule has 0 fully saturated rings. The maximum Gasteiger partial charge on any atom is 0.273 e. The Balaban J connectivity index is 1.86. The average molecular weight is 404 g/mol. The zero-order chi connectivity index (χ0) is 19.9. The second-order valence-corrected chi connectivity index (χ2v) is 7.80. The molecule has 28 heavy (non-hydrogen) atoms. The van der Waals surface area contributed by atoms with Gasteiger partial charge in [-0.1, -0.05) is 30.0 Å². The number of benzene rings is 2. The van der Waals surface area contributed by atoms with Gasteiger partial charge in [-0.05, 0) is 31.2 Å². The van der Waals surface area contributed by atoms with E-state index in [0.717, 1.165) is 23.8 Å². The van der Waals surface area contributed by atoms with Crippen LogP contribution >= 0.6 is 11.8 Å². The first kappa shape index (κ1) is 18.9. The number of carbonyl (C=O) groups excluding carboxylic acids is 1. The van der Waals surface area contributed by atoms with Crippen molar-refractivity contribution in [3.63, 3.8) is 0 Å². The summed E-state index contributed by atoms with van der Waals surface area (Å²) in [6, 6.07) is 10.6. The van der Waals surface area contributed by atoms with E-state index in [4.69, 9.17) is 9.47 Å². The van der Waals surface area contributed by atoms with Gasteiger partial charge < -0.3 is 9.47 Å². The minimum absolute atomic E-state index is 0.0220. The molecule has 2 aliphatic rings. The first-order chi connectivity index (χ1) is 13.5. The summed E-state index contributed by atoms with van der Waals surface area (Å²) in [5.41, 5.74) is 0.784. The molecule has 1 amide bonds. The number of carbonyl (C=O) groups is 1. The standard InChI is InChI=1S/C20H18F2N2O3S/c1-12(26-2)19(25)24-20(9-10-27-17-6-4-3-5-15(17)20)28-18(23-24)14-11-13(21)7-8-16(14)22/h3-8,11-12H,9-10H2,1-2H3. The van der Waals surface area contributed by atoms with E-state index in [9.17, 15) is 13.6 Å². The lowest BCUT2D eigenvalue weighted by Crippen LogP contribution is -2.48. The van der Waals surface area contributed by atoms with Gasteiger partial charge in [0.1, 0.15) is 33.4 Å². The first-order valence-electron chi connectivity index (χ1n) is 8.78. The van der Waals surface area contributed by atoms with Gasteiger partial charge in [0, 0.05) is 24.7 Å². The van der Waals surface area contributed by atoms with Crippen molar-refractivity contribution in [1.82, 2.24) is 5.01 Å². The van der Waals surface area contributed by atoms with E-state index in [1.165, 1.54) is 23.9 Å². The molecule has 0 aliphatic carbocycles. The van der Waals surface area contributed by atoms with E-state index >= 15 is 0 Å². The minimum Gasteiger partial charge on any atom is -0.493 e. The van der Waals surface area contributed by atoms with Crippen LogP contribution in [0.2, 0.25) is 0 Å². The van der Waals surface area contributed by atoms with E-state index < -0.39 is 22.6 Å². The van der Waals surface area contributed by atoms with Crippen LogP contribution in [0.15, 0.2) is 47.6 Å². The predicted octanol–water partition coefficient (Wildman–Crippen LogP) is 3.87. The zero-order valence-electron chi connectivity index (χ0n) is 15.3. The van der Waals surface area contributed by atoms with Crippen molar-refractivity contribution in [3.05, 3.63) is 65.2 Å². The van der Waals surface area contributed by atoms with Crippen LogP contribution in [0.5, 0.6) is 5.75 Å². The van der Waals surface area contributed by atoms with Crippen LogP contribution < -0.4 is 4.74 Å². The Kier molecular flexibility index (Phi) is 4.84. The van der Waals surface area contributed by atoms with Gasteiger partial charge in [0.25, 0.3) is 5.91 Å². The minimum atomic E-state index is -0.910. The predicted molar refractivity (Wildman–Crippen MR) is 102 cm³/mol. The Hall–Kier alpha value is -2.45. The van der Waals surface area contributed by atoms with Crippen molar-refractivity contribution in [2.75, 3.05) is 13.7 Å². The highest BCUT2D eigenvalue weighted by molar-refractivity contribution is 8.15. The molecule has 4 rings (SSSR count). The lowest BCUT2D eigenvalue weighted by atomic mass is 9.98. The number of nitrogens with zero attached hydrogens (tertiary/aromatic N) is 2. The molecule has 1 spiro atoms. The van der Waals surface area contributed by atoms with Crippen molar-refractivity contribution in [3.8, 4) is 5.75 Å². The summed E-state index contributed by atoms with van der Waals surface area (Å²) < 4.78 is 39.1. The number of methoxy groups -OCH3 is 1. The third kappa shape index (κ3) is 2.97. The second-order valence-electron chi connectivity index (χ2n) is 6.54. The summed E-state index contributed by atoms with van der Waals surface area (Å²) >= 11 is 1.23. The largest absolute Gasteiger partial charge is 0.493 e. The SMILES string of the molecule is COC(C)C(=O)N1N=C(c2cc(F)ccc2F)SC12CCOc1ccccc12. The lowest BCUT2D eigenvalue weighted by Gasteiger charge is -2.40. The van der Waals surface area contributed by atoms with Crippen molar-refractivity contribution in [1.29, 1.82) is 0 Å². The fourth-order valence-electron chi connectivity index (χ4n) is 3.34. The highest BCUT2D eigenvalue weighted by atomic mass is 32.2. The molecule has 2 unspecified atom stereocenters. The average Bonchev–Trinajstić information content (AvgIpc) is 3.08. The number of hydrogen-bond donors (Lipinski definition) is 0. The molecule has 5 nitrogen and oxygen atoms in total. The number of ether oxygens (including phenoxy) is 2. The van der Waals surface area contributed by atoms with Crippen molar-refractivity contribution >= 4 is 22.7 Å². The number of fused-ring (bicyclic) bond motifs is 2. The number of amides is 1. The van der Waals surface area contributed by atoms with E-state index in [0.29, 0.717) is 18.8 Å². The Morgan fingerprint density at radius 2 is 2.11 bits per heavy atom. The molecule has 0 aromatic heterocycles. The molecule has 2 heterocycles. The second kappa shape index (κ2) is 7.18. The van der Waals surface area contributed by atoms with Gasteiger partial charge in [-0.25, -0.2) is 13.8 Å². The molecule has 0 saturated carbocycles. The molecular formula is C20H18F2N2O3S. The van der Waals surface area contributed by atoms with E-state index in [1.54, 1.807) is 6.92 Å². The van der Waals surface area contributed by atoms with Gasteiger partial charge in [-0.2, -0.15) is 5.10 Å². The number of thioether (sulfide) groups is 1. The topological polar surface area (TPSA) is 51.1 Å². The number of rotatable bonds is 3. The molecule has 0 N–H and O–H groups in total. The molecule has 2 aromatic carbocycles. The Morgan fingerprint density at radius 3 is 2.89 bits per heavy atom.